The number of rotatable bonds is 1. The Bertz CT molecular complexity index is 1230. The fraction of sp³-hybridized carbons (Fsp3) is 0.286. The average Bonchev–Trinajstić information content (AvgIpc) is 3.07. The molecule has 31 heavy (non-hydrogen) atoms. The molecular weight excluding hydrogens is 403 g/mol. The highest BCUT2D eigenvalue weighted by atomic mass is 19.1. The standard InChI is InChI=1S/C21H19FN6O3/c1-4-16-18(29)12-6-5-11(22)7-13(12)10(2)30-21-19(24)25-9-14(26-21)17-15(8-23)28(3)27-20(17)31-16/h5-7,9-10,16H,4H2,1-3H3,(H2,24,25). The summed E-state index contributed by atoms with van der Waals surface area (Å²) < 4.78 is 27.2. The van der Waals surface area contributed by atoms with Gasteiger partial charge in [0.2, 0.25) is 11.7 Å². The molecule has 3 aromatic rings. The summed E-state index contributed by atoms with van der Waals surface area (Å²) in [6.45, 7) is 3.44. The quantitative estimate of drug-likeness (QED) is 0.634. The molecule has 1 aliphatic heterocycles. The summed E-state index contributed by atoms with van der Waals surface area (Å²) in [6.07, 6.45) is 0.0146. The lowest BCUT2D eigenvalue weighted by molar-refractivity contribution is 0.0773. The summed E-state index contributed by atoms with van der Waals surface area (Å²) >= 11 is 0. The maximum Gasteiger partial charge on any atom is 0.258 e. The van der Waals surface area contributed by atoms with E-state index >= 15 is 0 Å². The number of halogens is 1. The third-order valence-corrected chi connectivity index (χ3v) is 5.07. The van der Waals surface area contributed by atoms with Crippen molar-refractivity contribution in [1.29, 1.82) is 5.26 Å². The van der Waals surface area contributed by atoms with E-state index in [1.165, 1.54) is 29.1 Å². The first-order chi connectivity index (χ1) is 14.8. The molecule has 0 saturated heterocycles. The van der Waals surface area contributed by atoms with Crippen LogP contribution >= 0.6 is 0 Å². The van der Waals surface area contributed by atoms with E-state index < -0.39 is 18.0 Å². The Morgan fingerprint density at radius 1 is 1.32 bits per heavy atom. The fourth-order valence-corrected chi connectivity index (χ4v) is 3.49. The number of aryl methyl sites for hydroxylation is 1. The summed E-state index contributed by atoms with van der Waals surface area (Å²) in [5, 5.41) is 13.9. The molecule has 2 unspecified atom stereocenters. The van der Waals surface area contributed by atoms with E-state index in [4.69, 9.17) is 15.2 Å². The second-order valence-corrected chi connectivity index (χ2v) is 7.08. The van der Waals surface area contributed by atoms with Crippen LogP contribution in [0.15, 0.2) is 24.4 Å². The molecule has 2 aromatic heterocycles. The largest absolute Gasteiger partial charge is 0.467 e. The number of nitrogens with zero attached hydrogens (tertiary/aromatic N) is 5. The van der Waals surface area contributed by atoms with Crippen LogP contribution in [0, 0.1) is 17.1 Å². The zero-order chi connectivity index (χ0) is 22.3. The average molecular weight is 422 g/mol. The number of Topliss-reactive ketones (excluding diaryl/α,β-unsaturated/α-hetero) is 1. The van der Waals surface area contributed by atoms with Gasteiger partial charge >= 0.3 is 0 Å². The smallest absolute Gasteiger partial charge is 0.258 e. The number of carbonyl (C=O) groups is 1. The van der Waals surface area contributed by atoms with Crippen LogP contribution in [0.4, 0.5) is 10.2 Å². The molecule has 9 nitrogen and oxygen atoms in total. The van der Waals surface area contributed by atoms with Crippen LogP contribution in [0.2, 0.25) is 0 Å². The first-order valence-corrected chi connectivity index (χ1v) is 9.61. The van der Waals surface area contributed by atoms with Gasteiger partial charge in [0.05, 0.1) is 6.20 Å². The molecule has 1 aliphatic rings. The van der Waals surface area contributed by atoms with E-state index in [0.717, 1.165) is 0 Å². The minimum atomic E-state index is -0.919. The number of nitrogen functional groups attached to an aromatic ring is 1. The van der Waals surface area contributed by atoms with E-state index in [1.807, 2.05) is 0 Å². The summed E-state index contributed by atoms with van der Waals surface area (Å²) in [4.78, 5) is 21.9. The third-order valence-electron chi connectivity index (χ3n) is 5.07. The van der Waals surface area contributed by atoms with Crippen LogP contribution in [0.5, 0.6) is 11.8 Å². The maximum absolute atomic E-state index is 14.0. The highest BCUT2D eigenvalue weighted by molar-refractivity contribution is 6.01. The number of benzene rings is 1. The Balaban J connectivity index is 1.99. The molecule has 2 bridgehead atoms. The lowest BCUT2D eigenvalue weighted by Crippen LogP contribution is -2.29. The Hall–Kier alpha value is -4.00. The number of ketones is 1. The van der Waals surface area contributed by atoms with Gasteiger partial charge < -0.3 is 15.2 Å². The van der Waals surface area contributed by atoms with Crippen molar-refractivity contribution >= 4 is 11.6 Å². The number of nitriles is 1. The summed E-state index contributed by atoms with van der Waals surface area (Å²) in [6, 6.07) is 5.91. The summed E-state index contributed by atoms with van der Waals surface area (Å²) in [7, 11) is 1.58. The van der Waals surface area contributed by atoms with Gasteiger partial charge in [0, 0.05) is 18.2 Å². The first-order valence-electron chi connectivity index (χ1n) is 9.61. The zero-order valence-corrected chi connectivity index (χ0v) is 17.1. The molecule has 0 aliphatic carbocycles. The number of nitrogens with two attached hydrogens (primary N) is 1. The van der Waals surface area contributed by atoms with E-state index in [9.17, 15) is 14.4 Å². The first kappa shape index (κ1) is 20.3. The van der Waals surface area contributed by atoms with Gasteiger partial charge in [-0.2, -0.15) is 5.26 Å². The van der Waals surface area contributed by atoms with Gasteiger partial charge in [-0.15, -0.1) is 5.10 Å². The SMILES string of the molecule is CCC1Oc2nn(C)c(C#N)c2-c2cnc(N)c(n2)OC(C)c2cc(F)ccc2C1=O. The normalized spacial score (nSPS) is 17.8. The van der Waals surface area contributed by atoms with E-state index in [0.29, 0.717) is 12.0 Å². The predicted octanol–water partition coefficient (Wildman–Crippen LogP) is 2.96. The van der Waals surface area contributed by atoms with Crippen LogP contribution < -0.4 is 15.2 Å². The molecule has 10 heteroatoms. The molecule has 2 atom stereocenters. The molecule has 0 saturated carbocycles. The van der Waals surface area contributed by atoms with Gasteiger partial charge in [-0.05, 0) is 31.5 Å². The molecule has 158 valence electrons. The van der Waals surface area contributed by atoms with Crippen molar-refractivity contribution < 1.29 is 18.7 Å². The molecule has 0 amide bonds. The van der Waals surface area contributed by atoms with Crippen molar-refractivity contribution in [1.82, 2.24) is 19.7 Å². The second kappa shape index (κ2) is 7.68. The van der Waals surface area contributed by atoms with E-state index in [-0.39, 0.29) is 45.9 Å². The minimum Gasteiger partial charge on any atom is -0.467 e. The molecule has 2 N–H and O–H groups in total. The molecule has 4 rings (SSSR count). The molecule has 3 heterocycles. The Morgan fingerprint density at radius 3 is 2.81 bits per heavy atom. The molecule has 1 aromatic carbocycles. The van der Waals surface area contributed by atoms with Gasteiger partial charge in [0.25, 0.3) is 5.88 Å². The highest BCUT2D eigenvalue weighted by Crippen LogP contribution is 2.36. The van der Waals surface area contributed by atoms with Crippen LogP contribution in [0.3, 0.4) is 0 Å². The van der Waals surface area contributed by atoms with Crippen molar-refractivity contribution in [2.24, 2.45) is 7.05 Å². The van der Waals surface area contributed by atoms with Crippen LogP contribution in [0.25, 0.3) is 11.3 Å². The third kappa shape index (κ3) is 3.44. The summed E-state index contributed by atoms with van der Waals surface area (Å²) in [5.41, 5.74) is 7.22. The van der Waals surface area contributed by atoms with Gasteiger partial charge in [0.1, 0.15) is 29.2 Å². The van der Waals surface area contributed by atoms with Gasteiger partial charge in [-0.1, -0.05) is 6.92 Å². The van der Waals surface area contributed by atoms with Crippen LogP contribution in [0.1, 0.15) is 48.0 Å². The van der Waals surface area contributed by atoms with E-state index in [2.05, 4.69) is 21.1 Å². The monoisotopic (exact) mass is 422 g/mol. The Kier molecular flexibility index (Phi) is 5.02. The van der Waals surface area contributed by atoms with Crippen molar-refractivity contribution in [3.05, 3.63) is 47.0 Å². The Labute approximate surface area is 177 Å². The topological polar surface area (TPSA) is 129 Å². The van der Waals surface area contributed by atoms with Crippen molar-refractivity contribution in [2.45, 2.75) is 32.5 Å². The number of hydrogen-bond donors (Lipinski definition) is 1. The zero-order valence-electron chi connectivity index (χ0n) is 17.1. The number of ether oxygens (including phenoxy) is 2. The highest BCUT2D eigenvalue weighted by Gasteiger charge is 2.31. The molecular formula is C21H19FN6O3. The predicted molar refractivity (Wildman–Crippen MR) is 108 cm³/mol. The number of aromatic nitrogens is 4. The minimum absolute atomic E-state index is 0.00763. The van der Waals surface area contributed by atoms with Gasteiger partial charge in [0.15, 0.2) is 17.6 Å². The lowest BCUT2D eigenvalue weighted by Gasteiger charge is -2.22. The number of fused-ring (bicyclic) bond motifs is 5. The van der Waals surface area contributed by atoms with E-state index in [1.54, 1.807) is 20.9 Å². The van der Waals surface area contributed by atoms with Crippen LogP contribution in [-0.4, -0.2) is 31.6 Å². The number of hydrogen-bond acceptors (Lipinski definition) is 8. The maximum atomic E-state index is 14.0. The molecule has 0 fully saturated rings. The Morgan fingerprint density at radius 2 is 2.10 bits per heavy atom. The molecule has 0 spiro atoms. The van der Waals surface area contributed by atoms with Crippen molar-refractivity contribution in [2.75, 3.05) is 5.73 Å². The lowest BCUT2D eigenvalue weighted by atomic mass is 9.95. The van der Waals surface area contributed by atoms with Crippen molar-refractivity contribution in [3.63, 3.8) is 0 Å². The second-order valence-electron chi connectivity index (χ2n) is 7.08. The fourth-order valence-electron chi connectivity index (χ4n) is 3.49. The number of carbonyl (C=O) groups excluding carboxylic acids is 1. The van der Waals surface area contributed by atoms with Crippen molar-refractivity contribution in [3.8, 4) is 29.1 Å². The van der Waals surface area contributed by atoms with Gasteiger partial charge in [-0.25, -0.2) is 14.4 Å². The van der Waals surface area contributed by atoms with Gasteiger partial charge in [-0.3, -0.25) is 9.48 Å². The molecule has 0 radical (unpaired) electrons. The summed E-state index contributed by atoms with van der Waals surface area (Å²) in [5.74, 6) is -0.818. The number of anilines is 1. The van der Waals surface area contributed by atoms with Crippen LogP contribution in [-0.2, 0) is 7.05 Å².